The lowest BCUT2D eigenvalue weighted by Crippen LogP contribution is -2.29. The number of fused-ring (bicyclic) bond motifs is 2. The van der Waals surface area contributed by atoms with Gasteiger partial charge in [-0.15, -0.1) is 0 Å². The lowest BCUT2D eigenvalue weighted by Gasteiger charge is -2.26. The van der Waals surface area contributed by atoms with Crippen molar-refractivity contribution < 1.29 is 9.47 Å². The molecule has 0 amide bonds. The summed E-state index contributed by atoms with van der Waals surface area (Å²) >= 11 is 0. The van der Waals surface area contributed by atoms with E-state index in [-0.39, 0.29) is 0 Å². The summed E-state index contributed by atoms with van der Waals surface area (Å²) in [4.78, 5) is 11.6. The second-order valence-corrected chi connectivity index (χ2v) is 10.8. The van der Waals surface area contributed by atoms with Gasteiger partial charge in [0.15, 0.2) is 5.65 Å². The second kappa shape index (κ2) is 12.9. The van der Waals surface area contributed by atoms with Crippen LogP contribution in [0.3, 0.4) is 0 Å². The number of ether oxygens (including phenoxy) is 2. The Labute approximate surface area is 242 Å². The average Bonchev–Trinajstić information content (AvgIpc) is 3.37. The summed E-state index contributed by atoms with van der Waals surface area (Å²) in [6.07, 6.45) is 10.5. The first kappa shape index (κ1) is 28.2. The summed E-state index contributed by atoms with van der Waals surface area (Å²) < 4.78 is 14.2. The lowest BCUT2D eigenvalue weighted by atomic mass is 10.0. The number of aromatic nitrogens is 3. The van der Waals surface area contributed by atoms with Crippen molar-refractivity contribution in [3.63, 3.8) is 0 Å². The third kappa shape index (κ3) is 6.70. The number of amidine groups is 1. The topological polar surface area (TPSA) is 76.3 Å². The summed E-state index contributed by atoms with van der Waals surface area (Å²) in [6.45, 7) is 13.5. The maximum atomic E-state index is 6.26. The third-order valence-corrected chi connectivity index (χ3v) is 7.20. The number of allylic oxidation sites excluding steroid dienone is 1. The monoisotopic (exact) mass is 552 g/mol. The molecule has 1 N–H and O–H groups in total. The van der Waals surface area contributed by atoms with Gasteiger partial charge in [-0.25, -0.2) is 14.5 Å². The number of pyridine rings is 1. The number of benzene rings is 2. The van der Waals surface area contributed by atoms with Gasteiger partial charge < -0.3 is 19.7 Å². The molecule has 1 unspecified atom stereocenters. The number of anilines is 2. The molecular weight excluding hydrogens is 512 g/mol. The summed E-state index contributed by atoms with van der Waals surface area (Å²) in [6, 6.07) is 14.3. The molecule has 2 aromatic carbocycles. The molecule has 5 rings (SSSR count). The van der Waals surface area contributed by atoms with Gasteiger partial charge in [0.25, 0.3) is 0 Å². The number of rotatable bonds is 9. The third-order valence-electron chi connectivity index (χ3n) is 7.20. The molecule has 0 aliphatic carbocycles. The number of nitrogens with one attached hydrogen (secondary N) is 1. The van der Waals surface area contributed by atoms with Crippen molar-refractivity contribution in [2.45, 2.75) is 53.9 Å². The van der Waals surface area contributed by atoms with E-state index >= 15 is 0 Å². The molecule has 0 saturated carbocycles. The van der Waals surface area contributed by atoms with Crippen LogP contribution in [0.1, 0.15) is 56.7 Å². The van der Waals surface area contributed by atoms with Crippen LogP contribution in [0.4, 0.5) is 11.4 Å². The molecule has 4 aromatic rings. The number of hydrogen-bond donors (Lipinski definition) is 1. The minimum absolute atomic E-state index is 0.462. The van der Waals surface area contributed by atoms with Gasteiger partial charge in [-0.05, 0) is 74.2 Å². The summed E-state index contributed by atoms with van der Waals surface area (Å²) in [5, 5.41) is 7.75. The van der Waals surface area contributed by atoms with Gasteiger partial charge in [-0.3, -0.25) is 0 Å². The van der Waals surface area contributed by atoms with E-state index in [1.54, 1.807) is 4.52 Å². The minimum Gasteiger partial charge on any atom is -0.491 e. The molecule has 0 saturated heterocycles. The molecule has 1 atom stereocenters. The van der Waals surface area contributed by atoms with Crippen molar-refractivity contribution in [1.82, 2.24) is 14.6 Å². The first-order chi connectivity index (χ1) is 19.9. The number of aryl methyl sites for hydroxylation is 2. The van der Waals surface area contributed by atoms with Crippen LogP contribution >= 0.6 is 0 Å². The smallest absolute Gasteiger partial charge is 0.158 e. The highest BCUT2D eigenvalue weighted by Gasteiger charge is 2.23. The van der Waals surface area contributed by atoms with Crippen molar-refractivity contribution in [3.8, 4) is 17.2 Å². The zero-order valence-corrected chi connectivity index (χ0v) is 24.7. The molecule has 0 bridgehead atoms. The van der Waals surface area contributed by atoms with Gasteiger partial charge in [0.1, 0.15) is 29.4 Å². The molecule has 41 heavy (non-hydrogen) atoms. The van der Waals surface area contributed by atoms with Crippen LogP contribution in [0.25, 0.3) is 5.65 Å². The maximum Gasteiger partial charge on any atom is 0.158 e. The molecule has 1 aliphatic rings. The molecular formula is C33H40N6O2. The van der Waals surface area contributed by atoms with Gasteiger partial charge >= 0.3 is 0 Å². The van der Waals surface area contributed by atoms with Gasteiger partial charge in [0.2, 0.25) is 0 Å². The predicted octanol–water partition coefficient (Wildman–Crippen LogP) is 7.56. The Morgan fingerprint density at radius 3 is 2.83 bits per heavy atom. The van der Waals surface area contributed by atoms with Crippen LogP contribution in [0.5, 0.6) is 17.2 Å². The molecule has 8 nitrogen and oxygen atoms in total. The van der Waals surface area contributed by atoms with Gasteiger partial charge in [0, 0.05) is 48.7 Å². The summed E-state index contributed by atoms with van der Waals surface area (Å²) in [5.41, 5.74) is 6.00. The highest BCUT2D eigenvalue weighted by Crippen LogP contribution is 2.36. The first-order valence-electron chi connectivity index (χ1n) is 14.6. The van der Waals surface area contributed by atoms with E-state index in [2.05, 4.69) is 72.3 Å². The molecule has 8 heteroatoms. The molecule has 1 aliphatic heterocycles. The second-order valence-electron chi connectivity index (χ2n) is 10.8. The standard InChI is InChI=1S/C33H40N6O2/c1-6-8-13-34-33(28-19-29-31(17-24(28)4)40-21-23(3)20-38(29)14-9-7-2)37-26-10-11-30(25(5)16-26)41-27-12-15-39-32(18-27)35-22-36-39/h8,10-13,15-19,22-23H,6-7,9,14,20-21H2,1-5H3,(H,34,37)/b13-8+. The van der Waals surface area contributed by atoms with Crippen LogP contribution < -0.4 is 19.7 Å². The largest absolute Gasteiger partial charge is 0.491 e. The summed E-state index contributed by atoms with van der Waals surface area (Å²) in [7, 11) is 0. The van der Waals surface area contributed by atoms with Crippen LogP contribution in [0.15, 0.2) is 72.3 Å². The Balaban J connectivity index is 1.44. The van der Waals surface area contributed by atoms with E-state index in [9.17, 15) is 0 Å². The molecule has 0 spiro atoms. The maximum absolute atomic E-state index is 6.26. The average molecular weight is 553 g/mol. The van der Waals surface area contributed by atoms with Crippen LogP contribution in [-0.2, 0) is 0 Å². The van der Waals surface area contributed by atoms with E-state index in [0.29, 0.717) is 11.7 Å². The van der Waals surface area contributed by atoms with Crippen molar-refractivity contribution in [1.29, 1.82) is 0 Å². The molecule has 0 fully saturated rings. The predicted molar refractivity (Wildman–Crippen MR) is 167 cm³/mol. The minimum atomic E-state index is 0.462. The first-order valence-corrected chi connectivity index (χ1v) is 14.6. The Morgan fingerprint density at radius 1 is 1.15 bits per heavy atom. The van der Waals surface area contributed by atoms with Crippen LogP contribution in [0, 0.1) is 19.8 Å². The van der Waals surface area contributed by atoms with Gasteiger partial charge in [-0.1, -0.05) is 33.3 Å². The normalized spacial score (nSPS) is 15.6. The Hall–Kier alpha value is -4.33. The fourth-order valence-corrected chi connectivity index (χ4v) is 4.98. The number of hydrogen-bond acceptors (Lipinski definition) is 6. The van der Waals surface area contributed by atoms with Crippen molar-refractivity contribution in [3.05, 3.63) is 84.0 Å². The fraction of sp³-hybridized carbons (Fsp3) is 0.364. The molecule has 2 aromatic heterocycles. The summed E-state index contributed by atoms with van der Waals surface area (Å²) in [5.74, 6) is 3.71. The van der Waals surface area contributed by atoms with Crippen LogP contribution in [-0.4, -0.2) is 40.1 Å². The Morgan fingerprint density at radius 2 is 2.02 bits per heavy atom. The van der Waals surface area contributed by atoms with E-state index < -0.39 is 0 Å². The molecule has 0 radical (unpaired) electrons. The Kier molecular flexibility index (Phi) is 8.87. The van der Waals surface area contributed by atoms with E-state index in [1.807, 2.05) is 43.6 Å². The zero-order valence-electron chi connectivity index (χ0n) is 24.7. The van der Waals surface area contributed by atoms with Gasteiger partial charge in [-0.2, -0.15) is 5.10 Å². The lowest BCUT2D eigenvalue weighted by molar-refractivity contribution is 0.273. The quantitative estimate of drug-likeness (QED) is 0.171. The Bertz CT molecular complexity index is 1560. The highest BCUT2D eigenvalue weighted by molar-refractivity contribution is 6.10. The number of aliphatic imine (C=N–C) groups is 1. The van der Waals surface area contributed by atoms with E-state index in [4.69, 9.17) is 14.5 Å². The van der Waals surface area contributed by atoms with E-state index in [1.165, 1.54) is 6.33 Å². The van der Waals surface area contributed by atoms with Crippen molar-refractivity contribution >= 4 is 22.9 Å². The van der Waals surface area contributed by atoms with Crippen molar-refractivity contribution in [2.75, 3.05) is 29.9 Å². The highest BCUT2D eigenvalue weighted by atomic mass is 16.5. The molecule has 214 valence electrons. The fourth-order valence-electron chi connectivity index (χ4n) is 4.98. The zero-order chi connectivity index (χ0) is 28.8. The van der Waals surface area contributed by atoms with Crippen LogP contribution in [0.2, 0.25) is 0 Å². The van der Waals surface area contributed by atoms with E-state index in [0.717, 1.165) is 90.0 Å². The van der Waals surface area contributed by atoms with Gasteiger partial charge in [0.05, 0.1) is 12.3 Å². The number of unbranched alkanes of at least 4 members (excludes halogenated alkanes) is 1. The number of nitrogens with zero attached hydrogens (tertiary/aromatic N) is 5. The van der Waals surface area contributed by atoms with Crippen molar-refractivity contribution in [2.24, 2.45) is 10.9 Å². The molecule has 3 heterocycles. The SMILES string of the molecule is CC/C=C/N=C(Nc1ccc(Oc2ccn3ncnc3c2)c(C)c1)c1cc2c(cc1C)OCC(C)CN2CCCC.